The van der Waals surface area contributed by atoms with Crippen LogP contribution in [-0.2, 0) is 14.3 Å². The van der Waals surface area contributed by atoms with Gasteiger partial charge in [0.05, 0.1) is 25.4 Å². The van der Waals surface area contributed by atoms with Crippen molar-refractivity contribution in [2.45, 2.75) is 249 Å². The summed E-state index contributed by atoms with van der Waals surface area (Å²) in [6, 6.07) is -0.855. The number of rotatable bonds is 49. The van der Waals surface area contributed by atoms with E-state index in [1.54, 1.807) is 6.08 Å². The van der Waals surface area contributed by atoms with Gasteiger partial charge in [-0.15, -0.1) is 0 Å². The lowest BCUT2D eigenvalue weighted by Gasteiger charge is -2.40. The van der Waals surface area contributed by atoms with Crippen molar-refractivity contribution in [3.8, 4) is 0 Å². The Labute approximate surface area is 469 Å². The van der Waals surface area contributed by atoms with E-state index in [0.717, 1.165) is 116 Å². The van der Waals surface area contributed by atoms with Gasteiger partial charge in [0, 0.05) is 6.42 Å². The Balaban J connectivity index is 2.28. The lowest BCUT2D eigenvalue weighted by atomic mass is 9.99. The standard InChI is InChI=1S/C68H109NO8/c1-3-5-7-9-11-13-15-17-19-21-23-24-25-26-27-28-29-30-31-32-33-34-35-36-37-38-40-42-44-46-48-50-52-54-56-58-64(72)69-61(60-76-68-67(75)66(74)65(73)63(59-70)77-68)62(71)57-55-53-51-49-47-45-43-41-39-22-20-18-16-14-12-10-8-6-4-2/h5,7,11,13,17,19,23-24,26-27,29-30,32-33,35-36,38-41,44,46-47,49,55,57,61-63,65-68,70-71,73-75H,3-4,6,8-10,12,14-16,18,20-22,25,28,31,34,37,42-43,45,48,50-54,56,58-60H2,1-2H3,(H,69,72)/b7-5-,13-11-,19-17-,24-23-,27-26-,30-29-,33-32-,36-35-,40-38-,41-39+,46-44-,49-47+,57-55+. The van der Waals surface area contributed by atoms with Crippen LogP contribution in [0.25, 0.3) is 0 Å². The van der Waals surface area contributed by atoms with E-state index in [1.807, 2.05) is 6.08 Å². The van der Waals surface area contributed by atoms with E-state index in [2.05, 4.69) is 165 Å². The molecule has 6 N–H and O–H groups in total. The van der Waals surface area contributed by atoms with E-state index >= 15 is 0 Å². The fourth-order valence-corrected chi connectivity index (χ4v) is 8.33. The summed E-state index contributed by atoms with van der Waals surface area (Å²) in [5, 5.41) is 54.5. The molecular formula is C68H109NO8. The van der Waals surface area contributed by atoms with Gasteiger partial charge < -0.3 is 40.3 Å². The lowest BCUT2D eigenvalue weighted by molar-refractivity contribution is -0.302. The molecule has 0 bridgehead atoms. The molecule has 0 aromatic heterocycles. The van der Waals surface area contributed by atoms with E-state index in [-0.39, 0.29) is 12.5 Å². The number of ether oxygens (including phenoxy) is 2. The van der Waals surface area contributed by atoms with E-state index < -0.39 is 49.5 Å². The zero-order valence-corrected chi connectivity index (χ0v) is 48.1. The summed E-state index contributed by atoms with van der Waals surface area (Å²) >= 11 is 0. The maximum atomic E-state index is 13.1. The van der Waals surface area contributed by atoms with Gasteiger partial charge in [-0.2, -0.15) is 0 Å². The number of nitrogens with one attached hydrogen (secondary N) is 1. The van der Waals surface area contributed by atoms with Crippen LogP contribution in [0.2, 0.25) is 0 Å². The number of allylic oxidation sites excluding steroid dienone is 25. The van der Waals surface area contributed by atoms with E-state index in [9.17, 15) is 30.3 Å². The van der Waals surface area contributed by atoms with Crippen molar-refractivity contribution >= 4 is 5.91 Å². The number of aliphatic hydroxyl groups is 5. The van der Waals surface area contributed by atoms with Crippen LogP contribution in [0.4, 0.5) is 0 Å². The van der Waals surface area contributed by atoms with E-state index in [1.165, 1.54) is 57.8 Å². The Morgan fingerprint density at radius 3 is 1.25 bits per heavy atom. The van der Waals surface area contributed by atoms with Crippen LogP contribution in [0.5, 0.6) is 0 Å². The molecule has 1 aliphatic heterocycles. The normalized spacial score (nSPS) is 19.9. The van der Waals surface area contributed by atoms with Crippen LogP contribution in [0, 0.1) is 0 Å². The first-order valence-electron chi connectivity index (χ1n) is 30.2. The molecule has 9 heteroatoms. The quantitative estimate of drug-likeness (QED) is 0.0261. The molecule has 9 nitrogen and oxygen atoms in total. The molecule has 0 radical (unpaired) electrons. The van der Waals surface area contributed by atoms with Gasteiger partial charge in [-0.3, -0.25) is 4.79 Å². The molecule has 1 amide bonds. The van der Waals surface area contributed by atoms with Gasteiger partial charge in [0.25, 0.3) is 0 Å². The maximum absolute atomic E-state index is 13.1. The third kappa shape index (κ3) is 44.4. The minimum absolute atomic E-state index is 0.222. The largest absolute Gasteiger partial charge is 0.394 e. The van der Waals surface area contributed by atoms with Crippen molar-refractivity contribution in [2.24, 2.45) is 0 Å². The van der Waals surface area contributed by atoms with Crippen molar-refractivity contribution in [1.82, 2.24) is 5.32 Å². The number of aliphatic hydroxyl groups excluding tert-OH is 5. The fraction of sp³-hybridized carbons (Fsp3) is 0.603. The summed E-state index contributed by atoms with van der Waals surface area (Å²) in [7, 11) is 0. The highest BCUT2D eigenvalue weighted by molar-refractivity contribution is 5.76. The second-order valence-electron chi connectivity index (χ2n) is 20.0. The van der Waals surface area contributed by atoms with Crippen molar-refractivity contribution in [3.63, 3.8) is 0 Å². The first-order valence-corrected chi connectivity index (χ1v) is 30.2. The predicted octanol–water partition coefficient (Wildman–Crippen LogP) is 15.6. The number of hydrogen-bond donors (Lipinski definition) is 6. The molecule has 434 valence electrons. The minimum Gasteiger partial charge on any atom is -0.394 e. The molecule has 1 aliphatic rings. The van der Waals surface area contributed by atoms with Gasteiger partial charge in [-0.25, -0.2) is 0 Å². The highest BCUT2D eigenvalue weighted by Gasteiger charge is 2.44. The van der Waals surface area contributed by atoms with Gasteiger partial charge >= 0.3 is 0 Å². The van der Waals surface area contributed by atoms with Crippen LogP contribution >= 0.6 is 0 Å². The lowest BCUT2D eigenvalue weighted by Crippen LogP contribution is -2.60. The number of carbonyl (C=O) groups excluding carboxylic acids is 1. The highest BCUT2D eigenvalue weighted by Crippen LogP contribution is 2.22. The first-order chi connectivity index (χ1) is 37.8. The summed E-state index contributed by atoms with van der Waals surface area (Å²) in [5.74, 6) is -0.222. The molecule has 0 spiro atoms. The van der Waals surface area contributed by atoms with Crippen molar-refractivity contribution in [3.05, 3.63) is 158 Å². The smallest absolute Gasteiger partial charge is 0.220 e. The predicted molar refractivity (Wildman–Crippen MR) is 326 cm³/mol. The average molecular weight is 1070 g/mol. The third-order valence-electron chi connectivity index (χ3n) is 13.1. The Kier molecular flexibility index (Phi) is 50.7. The number of hydrogen-bond acceptors (Lipinski definition) is 8. The monoisotopic (exact) mass is 1070 g/mol. The van der Waals surface area contributed by atoms with Crippen molar-refractivity contribution in [1.29, 1.82) is 0 Å². The summed E-state index contributed by atoms with van der Waals surface area (Å²) in [6.07, 6.45) is 80.2. The number of amides is 1. The SMILES string of the molecule is CC/C=C\C/C=C\C/C=C\C/C=C\C/C=C\C/C=C\C/C=C\C/C=C\C/C=C\C/C=C\CCCCCCC(=O)NC(COC1OC(CO)C(O)C(O)C1O)C(O)/C=C/CC/C=C/CC/C=C/CCCCCCCCCCC. The summed E-state index contributed by atoms with van der Waals surface area (Å²) in [5.41, 5.74) is 0. The second kappa shape index (κ2) is 55.1. The number of carbonyl (C=O) groups is 1. The molecule has 0 aromatic rings. The van der Waals surface area contributed by atoms with Gasteiger partial charge in [-0.1, -0.05) is 236 Å². The van der Waals surface area contributed by atoms with Crippen LogP contribution in [-0.4, -0.2) is 87.5 Å². The van der Waals surface area contributed by atoms with Gasteiger partial charge in [0.2, 0.25) is 5.91 Å². The zero-order valence-electron chi connectivity index (χ0n) is 48.1. The average Bonchev–Trinajstić information content (AvgIpc) is 3.43. The van der Waals surface area contributed by atoms with Crippen LogP contribution < -0.4 is 5.32 Å². The summed E-state index contributed by atoms with van der Waals surface area (Å²) < 4.78 is 11.2. The van der Waals surface area contributed by atoms with E-state index in [4.69, 9.17) is 9.47 Å². The molecule has 1 saturated heterocycles. The van der Waals surface area contributed by atoms with Crippen molar-refractivity contribution < 1.29 is 39.8 Å². The zero-order chi connectivity index (χ0) is 55.8. The molecule has 0 aromatic carbocycles. The van der Waals surface area contributed by atoms with Gasteiger partial charge in [0.15, 0.2) is 6.29 Å². The minimum atomic E-state index is -1.59. The molecular weight excluding hydrogens is 959 g/mol. The van der Waals surface area contributed by atoms with Crippen LogP contribution in [0.1, 0.15) is 206 Å². The topological polar surface area (TPSA) is 149 Å². The van der Waals surface area contributed by atoms with Crippen LogP contribution in [0.3, 0.4) is 0 Å². The summed E-state index contributed by atoms with van der Waals surface area (Å²) in [6.45, 7) is 3.61. The molecule has 7 atom stereocenters. The highest BCUT2D eigenvalue weighted by atomic mass is 16.7. The molecule has 1 heterocycles. The maximum Gasteiger partial charge on any atom is 0.220 e. The van der Waals surface area contributed by atoms with Gasteiger partial charge in [0.1, 0.15) is 24.4 Å². The van der Waals surface area contributed by atoms with Crippen LogP contribution in [0.15, 0.2) is 158 Å². The fourth-order valence-electron chi connectivity index (χ4n) is 8.33. The number of unbranched alkanes of at least 4 members (excludes halogenated alkanes) is 15. The van der Waals surface area contributed by atoms with Gasteiger partial charge in [-0.05, 0) is 122 Å². The summed E-state index contributed by atoms with van der Waals surface area (Å²) in [4.78, 5) is 13.1. The molecule has 1 rings (SSSR count). The van der Waals surface area contributed by atoms with Crippen molar-refractivity contribution in [2.75, 3.05) is 13.2 Å². The molecule has 0 aliphatic carbocycles. The Hall–Kier alpha value is -4.19. The Morgan fingerprint density at radius 1 is 0.455 bits per heavy atom. The molecule has 1 fully saturated rings. The second-order valence-corrected chi connectivity index (χ2v) is 20.0. The molecule has 7 unspecified atom stereocenters. The molecule has 0 saturated carbocycles. The Bertz CT molecular complexity index is 1760. The Morgan fingerprint density at radius 2 is 0.818 bits per heavy atom. The first kappa shape index (κ1) is 70.8. The third-order valence-corrected chi connectivity index (χ3v) is 13.1. The van der Waals surface area contributed by atoms with E-state index in [0.29, 0.717) is 19.3 Å². The molecule has 77 heavy (non-hydrogen) atoms.